The molecule has 1 fully saturated rings. The van der Waals surface area contributed by atoms with Crippen LogP contribution in [0.2, 0.25) is 0 Å². The van der Waals surface area contributed by atoms with E-state index in [9.17, 15) is 0 Å². The summed E-state index contributed by atoms with van der Waals surface area (Å²) in [4.78, 5) is 2.76. The van der Waals surface area contributed by atoms with Crippen molar-refractivity contribution in [1.29, 1.82) is 0 Å². The smallest absolute Gasteiger partial charge is 0.0220 e. The lowest BCUT2D eigenvalue weighted by Crippen LogP contribution is -2.47. The van der Waals surface area contributed by atoms with Gasteiger partial charge >= 0.3 is 0 Å². The highest BCUT2D eigenvalue weighted by Crippen LogP contribution is 2.18. The minimum atomic E-state index is 0.622. The maximum absolute atomic E-state index is 3.63. The second-order valence-electron chi connectivity index (χ2n) is 7.22. The van der Waals surface area contributed by atoms with Gasteiger partial charge in [-0.25, -0.2) is 0 Å². The van der Waals surface area contributed by atoms with Crippen LogP contribution in [0.1, 0.15) is 91.4 Å². The summed E-state index contributed by atoms with van der Waals surface area (Å²) >= 11 is 0. The Kier molecular flexibility index (Phi) is 11.3. The van der Waals surface area contributed by atoms with Gasteiger partial charge in [0.25, 0.3) is 0 Å². The molecule has 0 amide bonds. The minimum absolute atomic E-state index is 0.622. The number of nitrogens with one attached hydrogen (secondary N) is 1. The molecule has 1 N–H and O–H groups in total. The summed E-state index contributed by atoms with van der Waals surface area (Å²) in [5.74, 6) is 0. The number of nitrogens with zero attached hydrogens (tertiary/aromatic N) is 1. The number of unbranched alkanes of at least 4 members (excludes halogenated alkanes) is 7. The summed E-state index contributed by atoms with van der Waals surface area (Å²) in [5.41, 5.74) is 0. The van der Waals surface area contributed by atoms with Crippen molar-refractivity contribution in [3.8, 4) is 0 Å². The molecule has 126 valence electrons. The Morgan fingerprint density at radius 3 is 2.29 bits per heavy atom. The van der Waals surface area contributed by atoms with Gasteiger partial charge in [-0.1, -0.05) is 72.1 Å². The van der Waals surface area contributed by atoms with Crippen LogP contribution in [0.5, 0.6) is 0 Å². The molecule has 1 aliphatic heterocycles. The second-order valence-corrected chi connectivity index (χ2v) is 7.22. The summed E-state index contributed by atoms with van der Waals surface area (Å²) in [6, 6.07) is 1.42. The highest BCUT2D eigenvalue weighted by atomic mass is 15.2. The SMILES string of the molecule is CCCCCCCCCCN1CCCCC1CNC(C)C. The molecule has 0 aromatic heterocycles. The van der Waals surface area contributed by atoms with Gasteiger partial charge in [-0.3, -0.25) is 4.90 Å². The van der Waals surface area contributed by atoms with Crippen molar-refractivity contribution in [1.82, 2.24) is 10.2 Å². The second kappa shape index (κ2) is 12.5. The molecule has 1 heterocycles. The predicted molar refractivity (Wildman–Crippen MR) is 95.0 cm³/mol. The highest BCUT2D eigenvalue weighted by Gasteiger charge is 2.21. The van der Waals surface area contributed by atoms with Crippen molar-refractivity contribution in [2.75, 3.05) is 19.6 Å². The first-order chi connectivity index (χ1) is 10.2. The van der Waals surface area contributed by atoms with Crippen molar-refractivity contribution < 1.29 is 0 Å². The van der Waals surface area contributed by atoms with E-state index in [2.05, 4.69) is 31.0 Å². The molecule has 1 saturated heterocycles. The molecular weight excluding hydrogens is 256 g/mol. The molecule has 0 radical (unpaired) electrons. The fourth-order valence-electron chi connectivity index (χ4n) is 3.41. The third-order valence-electron chi connectivity index (χ3n) is 4.81. The first-order valence-electron chi connectivity index (χ1n) is 9.71. The zero-order valence-electron chi connectivity index (χ0n) is 15.0. The molecule has 1 rings (SSSR count). The van der Waals surface area contributed by atoms with Crippen molar-refractivity contribution >= 4 is 0 Å². The van der Waals surface area contributed by atoms with E-state index in [0.717, 1.165) is 6.04 Å². The summed E-state index contributed by atoms with van der Waals surface area (Å²) < 4.78 is 0. The monoisotopic (exact) mass is 296 g/mol. The quantitative estimate of drug-likeness (QED) is 0.511. The summed E-state index contributed by atoms with van der Waals surface area (Å²) in [6.07, 6.45) is 15.7. The topological polar surface area (TPSA) is 15.3 Å². The third-order valence-corrected chi connectivity index (χ3v) is 4.81. The Hall–Kier alpha value is -0.0800. The number of piperidine rings is 1. The maximum atomic E-state index is 3.63. The van der Waals surface area contributed by atoms with E-state index in [1.807, 2.05) is 0 Å². The first-order valence-corrected chi connectivity index (χ1v) is 9.71. The number of rotatable bonds is 12. The maximum Gasteiger partial charge on any atom is 0.0220 e. The Bertz CT molecular complexity index is 228. The Labute approximate surface area is 134 Å². The fraction of sp³-hybridized carbons (Fsp3) is 1.00. The standard InChI is InChI=1S/C19H40N2/c1-4-5-6-7-8-9-10-12-15-21-16-13-11-14-19(21)17-20-18(2)3/h18-20H,4-17H2,1-3H3. The number of likely N-dealkylation sites (tertiary alicyclic amines) is 1. The van der Waals surface area contributed by atoms with Crippen molar-refractivity contribution in [2.45, 2.75) is 103 Å². The molecular formula is C19H40N2. The van der Waals surface area contributed by atoms with Crippen LogP contribution in [0.15, 0.2) is 0 Å². The molecule has 1 aliphatic rings. The average Bonchev–Trinajstić information content (AvgIpc) is 2.48. The largest absolute Gasteiger partial charge is 0.313 e. The zero-order valence-corrected chi connectivity index (χ0v) is 15.0. The molecule has 0 saturated carbocycles. The van der Waals surface area contributed by atoms with Crippen molar-refractivity contribution in [2.24, 2.45) is 0 Å². The van der Waals surface area contributed by atoms with E-state index in [1.54, 1.807) is 0 Å². The average molecular weight is 297 g/mol. The van der Waals surface area contributed by atoms with Crippen LogP contribution in [-0.4, -0.2) is 36.6 Å². The summed E-state index contributed by atoms with van der Waals surface area (Å²) in [5, 5.41) is 3.63. The normalized spacial score (nSPS) is 20.3. The lowest BCUT2D eigenvalue weighted by atomic mass is 10.0. The minimum Gasteiger partial charge on any atom is -0.313 e. The lowest BCUT2D eigenvalue weighted by molar-refractivity contribution is 0.141. The molecule has 2 heteroatoms. The number of hydrogen-bond donors (Lipinski definition) is 1. The van der Waals surface area contributed by atoms with Crippen LogP contribution >= 0.6 is 0 Å². The molecule has 0 aliphatic carbocycles. The fourth-order valence-corrected chi connectivity index (χ4v) is 3.41. The van der Waals surface area contributed by atoms with Gasteiger partial charge in [-0.15, -0.1) is 0 Å². The first kappa shape index (κ1) is 19.0. The van der Waals surface area contributed by atoms with Gasteiger partial charge in [0.2, 0.25) is 0 Å². The molecule has 1 atom stereocenters. The van der Waals surface area contributed by atoms with E-state index in [4.69, 9.17) is 0 Å². The van der Waals surface area contributed by atoms with Crippen LogP contribution in [0, 0.1) is 0 Å². The van der Waals surface area contributed by atoms with E-state index < -0.39 is 0 Å². The van der Waals surface area contributed by atoms with Crippen LogP contribution in [0.25, 0.3) is 0 Å². The molecule has 1 unspecified atom stereocenters. The van der Waals surface area contributed by atoms with Crippen molar-refractivity contribution in [3.05, 3.63) is 0 Å². The van der Waals surface area contributed by atoms with Gasteiger partial charge in [0.15, 0.2) is 0 Å². The van der Waals surface area contributed by atoms with Gasteiger partial charge in [0, 0.05) is 18.6 Å². The molecule has 2 nitrogen and oxygen atoms in total. The van der Waals surface area contributed by atoms with Crippen LogP contribution in [0.4, 0.5) is 0 Å². The van der Waals surface area contributed by atoms with Gasteiger partial charge < -0.3 is 5.32 Å². The van der Waals surface area contributed by atoms with E-state index in [1.165, 1.54) is 90.3 Å². The van der Waals surface area contributed by atoms with Crippen LogP contribution < -0.4 is 5.32 Å². The molecule has 0 aromatic carbocycles. The number of hydrogen-bond acceptors (Lipinski definition) is 2. The van der Waals surface area contributed by atoms with Gasteiger partial charge in [-0.05, 0) is 32.4 Å². The Balaban J connectivity index is 2.05. The molecule has 21 heavy (non-hydrogen) atoms. The molecule has 0 spiro atoms. The van der Waals surface area contributed by atoms with Crippen LogP contribution in [0.3, 0.4) is 0 Å². The molecule has 0 bridgehead atoms. The third kappa shape index (κ3) is 9.52. The predicted octanol–water partition coefficient (Wildman–Crippen LogP) is 4.98. The van der Waals surface area contributed by atoms with Gasteiger partial charge in [0.1, 0.15) is 0 Å². The zero-order chi connectivity index (χ0) is 15.3. The van der Waals surface area contributed by atoms with E-state index in [0.29, 0.717) is 6.04 Å². The Morgan fingerprint density at radius 1 is 0.952 bits per heavy atom. The van der Waals surface area contributed by atoms with E-state index in [-0.39, 0.29) is 0 Å². The van der Waals surface area contributed by atoms with Gasteiger partial charge in [-0.2, -0.15) is 0 Å². The molecule has 0 aromatic rings. The summed E-state index contributed by atoms with van der Waals surface area (Å²) in [6.45, 7) is 10.7. The van der Waals surface area contributed by atoms with Gasteiger partial charge in [0.05, 0.1) is 0 Å². The Morgan fingerprint density at radius 2 is 1.62 bits per heavy atom. The highest BCUT2D eigenvalue weighted by molar-refractivity contribution is 4.79. The lowest BCUT2D eigenvalue weighted by Gasteiger charge is -2.36. The van der Waals surface area contributed by atoms with Crippen molar-refractivity contribution in [3.63, 3.8) is 0 Å². The van der Waals surface area contributed by atoms with E-state index >= 15 is 0 Å². The summed E-state index contributed by atoms with van der Waals surface area (Å²) in [7, 11) is 0. The van der Waals surface area contributed by atoms with Crippen LogP contribution in [-0.2, 0) is 0 Å².